The van der Waals surface area contributed by atoms with E-state index in [-0.39, 0.29) is 12.4 Å². The summed E-state index contributed by atoms with van der Waals surface area (Å²) >= 11 is 0. The lowest BCUT2D eigenvalue weighted by Gasteiger charge is -2.31. The Hall–Kier alpha value is -0.910. The lowest BCUT2D eigenvalue weighted by atomic mass is 9.89. The summed E-state index contributed by atoms with van der Waals surface area (Å²) in [5, 5.41) is 11.7. The van der Waals surface area contributed by atoms with Gasteiger partial charge in [-0.05, 0) is 43.5 Å². The van der Waals surface area contributed by atoms with Crippen LogP contribution in [0.1, 0.15) is 19.8 Å². The molecule has 21 heavy (non-hydrogen) atoms. The first-order valence-electron chi connectivity index (χ1n) is 7.71. The maximum Gasteiger partial charge on any atom is 0.151 e. The Morgan fingerprint density at radius 1 is 1.29 bits per heavy atom. The smallest absolute Gasteiger partial charge is 0.151 e. The topological polar surface area (TPSA) is 44.3 Å². The van der Waals surface area contributed by atoms with Crippen LogP contribution >= 0.6 is 12.4 Å². The molecule has 3 rings (SSSR count). The first kappa shape index (κ1) is 16.5. The zero-order chi connectivity index (χ0) is 13.8. The normalized spacial score (nSPS) is 27.2. The quantitative estimate of drug-likeness (QED) is 0.914. The van der Waals surface area contributed by atoms with Gasteiger partial charge in [0.25, 0.3) is 0 Å². The van der Waals surface area contributed by atoms with Crippen molar-refractivity contribution in [1.82, 2.24) is 20.4 Å². The molecule has 5 nitrogen and oxygen atoms in total. The molecule has 2 saturated heterocycles. The Morgan fingerprint density at radius 2 is 2.19 bits per heavy atom. The second-order valence-electron chi connectivity index (χ2n) is 6.44. The van der Waals surface area contributed by atoms with Gasteiger partial charge in [-0.25, -0.2) is 0 Å². The number of aromatic nitrogens is 2. The fourth-order valence-corrected chi connectivity index (χ4v) is 3.36. The van der Waals surface area contributed by atoms with Gasteiger partial charge in [0.2, 0.25) is 0 Å². The van der Waals surface area contributed by atoms with E-state index in [9.17, 15) is 0 Å². The van der Waals surface area contributed by atoms with Crippen molar-refractivity contribution in [3.05, 3.63) is 18.3 Å². The highest BCUT2D eigenvalue weighted by molar-refractivity contribution is 5.85. The molecule has 0 aromatic carbocycles. The molecule has 1 unspecified atom stereocenters. The molecule has 2 aliphatic heterocycles. The van der Waals surface area contributed by atoms with E-state index in [1.807, 2.05) is 6.07 Å². The molecule has 0 spiro atoms. The Labute approximate surface area is 133 Å². The Balaban J connectivity index is 0.00000161. The van der Waals surface area contributed by atoms with E-state index < -0.39 is 0 Å². The van der Waals surface area contributed by atoms with E-state index >= 15 is 0 Å². The largest absolute Gasteiger partial charge is 0.354 e. The predicted molar refractivity (Wildman–Crippen MR) is 88.1 cm³/mol. The lowest BCUT2D eigenvalue weighted by Crippen LogP contribution is -2.39. The molecular formula is C15H26ClN5. The molecule has 1 atom stereocenters. The third-order valence-electron chi connectivity index (χ3n) is 4.53. The van der Waals surface area contributed by atoms with E-state index in [4.69, 9.17) is 0 Å². The van der Waals surface area contributed by atoms with Gasteiger partial charge in [0.1, 0.15) is 0 Å². The second kappa shape index (κ2) is 7.38. The first-order valence-corrected chi connectivity index (χ1v) is 7.71. The van der Waals surface area contributed by atoms with Crippen molar-refractivity contribution < 1.29 is 0 Å². The summed E-state index contributed by atoms with van der Waals surface area (Å²) in [6, 6.07) is 4.03. The maximum absolute atomic E-state index is 4.23. The number of hydrogen-bond donors (Lipinski definition) is 1. The van der Waals surface area contributed by atoms with Crippen molar-refractivity contribution in [2.75, 3.05) is 50.7 Å². The maximum atomic E-state index is 4.23. The fourth-order valence-electron chi connectivity index (χ4n) is 3.36. The fraction of sp³-hybridized carbons (Fsp3) is 0.733. The van der Waals surface area contributed by atoms with Crippen LogP contribution in [0.5, 0.6) is 0 Å². The number of anilines is 1. The number of hydrogen-bond acceptors (Lipinski definition) is 5. The molecule has 0 radical (unpaired) electrons. The van der Waals surface area contributed by atoms with Crippen molar-refractivity contribution in [1.29, 1.82) is 0 Å². The summed E-state index contributed by atoms with van der Waals surface area (Å²) in [4.78, 5) is 4.99. The zero-order valence-electron chi connectivity index (χ0n) is 12.8. The van der Waals surface area contributed by atoms with Crippen molar-refractivity contribution >= 4 is 18.2 Å². The minimum absolute atomic E-state index is 0. The van der Waals surface area contributed by atoms with Gasteiger partial charge in [-0.15, -0.1) is 17.5 Å². The molecule has 0 aliphatic carbocycles. The summed E-state index contributed by atoms with van der Waals surface area (Å²) in [5.74, 6) is 1.02. The number of rotatable bonds is 3. The molecule has 118 valence electrons. The minimum Gasteiger partial charge on any atom is -0.354 e. The molecular weight excluding hydrogens is 286 g/mol. The van der Waals surface area contributed by atoms with Gasteiger partial charge in [-0.1, -0.05) is 6.92 Å². The van der Waals surface area contributed by atoms with Crippen LogP contribution in [0.2, 0.25) is 0 Å². The molecule has 1 aromatic rings. The molecule has 0 bridgehead atoms. The van der Waals surface area contributed by atoms with Gasteiger partial charge in [-0.2, -0.15) is 5.10 Å². The Morgan fingerprint density at radius 3 is 2.90 bits per heavy atom. The Kier molecular flexibility index (Phi) is 5.79. The zero-order valence-corrected chi connectivity index (χ0v) is 13.6. The molecule has 3 heterocycles. The van der Waals surface area contributed by atoms with Crippen molar-refractivity contribution in [3.8, 4) is 0 Å². The molecule has 1 N–H and O–H groups in total. The summed E-state index contributed by atoms with van der Waals surface area (Å²) in [5.41, 5.74) is 0.460. The van der Waals surface area contributed by atoms with Crippen LogP contribution in [0, 0.1) is 5.41 Å². The second-order valence-corrected chi connectivity index (χ2v) is 6.44. The molecule has 6 heteroatoms. The van der Waals surface area contributed by atoms with Gasteiger partial charge < -0.3 is 15.1 Å². The van der Waals surface area contributed by atoms with E-state index in [0.717, 1.165) is 32.0 Å². The summed E-state index contributed by atoms with van der Waals surface area (Å²) in [7, 11) is 0. The standard InChI is InChI=1S/C15H25N5.ClH/c1-15(5-7-16-12-15)13-19-8-3-9-20(11-10-19)14-4-2-6-17-18-14;/h2,4,6,16H,3,5,7-13H2,1H3;1H. The monoisotopic (exact) mass is 311 g/mol. The van der Waals surface area contributed by atoms with Crippen LogP contribution in [0.25, 0.3) is 0 Å². The van der Waals surface area contributed by atoms with Crippen LogP contribution < -0.4 is 10.2 Å². The summed E-state index contributed by atoms with van der Waals surface area (Å²) in [6.07, 6.45) is 4.25. The van der Waals surface area contributed by atoms with Gasteiger partial charge in [0.05, 0.1) is 0 Å². The van der Waals surface area contributed by atoms with Crippen molar-refractivity contribution in [2.45, 2.75) is 19.8 Å². The van der Waals surface area contributed by atoms with Gasteiger partial charge >= 0.3 is 0 Å². The molecule has 0 amide bonds. The lowest BCUT2D eigenvalue weighted by molar-refractivity contribution is 0.187. The number of nitrogens with zero attached hydrogens (tertiary/aromatic N) is 4. The third kappa shape index (κ3) is 4.28. The van der Waals surface area contributed by atoms with Gasteiger partial charge in [-0.3, -0.25) is 0 Å². The van der Waals surface area contributed by atoms with Crippen LogP contribution in [0.3, 0.4) is 0 Å². The third-order valence-corrected chi connectivity index (χ3v) is 4.53. The van der Waals surface area contributed by atoms with E-state index in [1.165, 1.54) is 32.5 Å². The van der Waals surface area contributed by atoms with Crippen LogP contribution in [0.4, 0.5) is 5.82 Å². The summed E-state index contributed by atoms with van der Waals surface area (Å²) < 4.78 is 0. The van der Waals surface area contributed by atoms with Crippen LogP contribution in [0.15, 0.2) is 18.3 Å². The highest BCUT2D eigenvalue weighted by atomic mass is 35.5. The molecule has 1 aromatic heterocycles. The van der Waals surface area contributed by atoms with E-state index in [0.29, 0.717) is 5.41 Å². The summed E-state index contributed by atoms with van der Waals surface area (Å²) in [6.45, 7) is 10.4. The van der Waals surface area contributed by atoms with Gasteiger partial charge in [0.15, 0.2) is 5.82 Å². The van der Waals surface area contributed by atoms with Crippen molar-refractivity contribution in [2.24, 2.45) is 5.41 Å². The average Bonchev–Trinajstić information content (AvgIpc) is 2.76. The van der Waals surface area contributed by atoms with Gasteiger partial charge in [0, 0.05) is 38.9 Å². The first-order chi connectivity index (χ1) is 9.75. The highest BCUT2D eigenvalue weighted by Crippen LogP contribution is 2.26. The Bertz CT molecular complexity index is 421. The van der Waals surface area contributed by atoms with E-state index in [1.54, 1.807) is 6.20 Å². The predicted octanol–water partition coefficient (Wildman–Crippen LogP) is 1.41. The number of nitrogens with one attached hydrogen (secondary N) is 1. The molecule has 2 aliphatic rings. The van der Waals surface area contributed by atoms with Crippen LogP contribution in [-0.4, -0.2) is 60.9 Å². The molecule has 2 fully saturated rings. The highest BCUT2D eigenvalue weighted by Gasteiger charge is 2.31. The van der Waals surface area contributed by atoms with E-state index in [2.05, 4.69) is 38.3 Å². The SMILES string of the molecule is CC1(CN2CCCN(c3cccnn3)CC2)CCNC1.Cl. The number of halogens is 1. The average molecular weight is 312 g/mol. The van der Waals surface area contributed by atoms with Crippen molar-refractivity contribution in [3.63, 3.8) is 0 Å². The molecule has 0 saturated carbocycles. The van der Waals surface area contributed by atoms with Crippen LogP contribution in [-0.2, 0) is 0 Å². The minimum atomic E-state index is 0.